The highest BCUT2D eigenvalue weighted by Crippen LogP contribution is 2.23. The van der Waals surface area contributed by atoms with Crippen LogP contribution >= 0.6 is 0 Å². The molecule has 0 bridgehead atoms. The predicted molar refractivity (Wildman–Crippen MR) is 90.6 cm³/mol. The predicted octanol–water partition coefficient (Wildman–Crippen LogP) is 3.15. The minimum absolute atomic E-state index is 0.107. The van der Waals surface area contributed by atoms with E-state index in [1.54, 1.807) is 12.1 Å². The van der Waals surface area contributed by atoms with E-state index in [-0.39, 0.29) is 6.04 Å². The highest BCUT2D eigenvalue weighted by molar-refractivity contribution is 7.90. The summed E-state index contributed by atoms with van der Waals surface area (Å²) in [6.45, 7) is 2.71. The Morgan fingerprint density at radius 1 is 1.13 bits per heavy atom. The lowest BCUT2D eigenvalue weighted by Crippen LogP contribution is -2.22. The normalized spacial score (nSPS) is 12.8. The largest absolute Gasteiger partial charge is 0.295 e. The van der Waals surface area contributed by atoms with Crippen molar-refractivity contribution in [3.8, 4) is 6.07 Å². The van der Waals surface area contributed by atoms with Crippen molar-refractivity contribution >= 4 is 9.84 Å². The Labute approximate surface area is 137 Å². The molecule has 2 aromatic carbocycles. The molecule has 0 aliphatic heterocycles. The second-order valence-electron chi connectivity index (χ2n) is 5.70. The van der Waals surface area contributed by atoms with Gasteiger partial charge in [-0.1, -0.05) is 30.3 Å². The Bertz CT molecular complexity index is 821. The first kappa shape index (κ1) is 17.2. The summed E-state index contributed by atoms with van der Waals surface area (Å²) in [5, 5.41) is 9.17. The number of nitrogens with zero attached hydrogens (tertiary/aromatic N) is 2. The van der Waals surface area contributed by atoms with Crippen LogP contribution in [0.5, 0.6) is 0 Å². The zero-order valence-corrected chi connectivity index (χ0v) is 14.3. The summed E-state index contributed by atoms with van der Waals surface area (Å²) in [4.78, 5) is 2.46. The second kappa shape index (κ2) is 6.95. The van der Waals surface area contributed by atoms with E-state index >= 15 is 0 Å². The maximum Gasteiger partial charge on any atom is 0.175 e. The number of nitriles is 1. The third-order valence-electron chi connectivity index (χ3n) is 4.01. The average Bonchev–Trinajstić information content (AvgIpc) is 2.54. The van der Waals surface area contributed by atoms with Gasteiger partial charge in [-0.3, -0.25) is 4.90 Å². The van der Waals surface area contributed by atoms with E-state index in [1.807, 2.05) is 43.4 Å². The van der Waals surface area contributed by atoms with Crippen molar-refractivity contribution in [2.24, 2.45) is 0 Å². The molecule has 23 heavy (non-hydrogen) atoms. The third kappa shape index (κ3) is 4.19. The van der Waals surface area contributed by atoms with Crippen molar-refractivity contribution in [2.45, 2.75) is 24.4 Å². The molecule has 2 rings (SSSR count). The van der Waals surface area contributed by atoms with E-state index < -0.39 is 9.84 Å². The van der Waals surface area contributed by atoms with Gasteiger partial charge in [0.1, 0.15) is 0 Å². The van der Waals surface area contributed by atoms with Gasteiger partial charge in [0.2, 0.25) is 0 Å². The standard InChI is InChI=1S/C18H20N2O2S/c1-14(15-8-10-18(11-9-15)23(3,21)22)20(2)13-17-7-5-4-6-16(17)12-19/h4-11,14H,13H2,1-3H3. The lowest BCUT2D eigenvalue weighted by Gasteiger charge is -2.25. The van der Waals surface area contributed by atoms with Crippen LogP contribution in [-0.2, 0) is 16.4 Å². The summed E-state index contributed by atoms with van der Waals surface area (Å²) in [5.41, 5.74) is 2.70. The molecular formula is C18H20N2O2S. The van der Waals surface area contributed by atoms with Crippen LogP contribution in [0.25, 0.3) is 0 Å². The van der Waals surface area contributed by atoms with Crippen molar-refractivity contribution in [3.63, 3.8) is 0 Å². The fraction of sp³-hybridized carbons (Fsp3) is 0.278. The van der Waals surface area contributed by atoms with Crippen LogP contribution in [0, 0.1) is 11.3 Å². The molecule has 2 aromatic rings. The molecule has 0 heterocycles. The quantitative estimate of drug-likeness (QED) is 0.846. The first-order chi connectivity index (χ1) is 10.8. The van der Waals surface area contributed by atoms with Crippen LogP contribution in [0.2, 0.25) is 0 Å². The van der Waals surface area contributed by atoms with Crippen molar-refractivity contribution in [1.29, 1.82) is 5.26 Å². The van der Waals surface area contributed by atoms with Crippen molar-refractivity contribution in [1.82, 2.24) is 4.90 Å². The van der Waals surface area contributed by atoms with Crippen LogP contribution in [0.15, 0.2) is 53.4 Å². The molecule has 0 saturated heterocycles. The molecule has 0 radical (unpaired) electrons. The Kier molecular flexibility index (Phi) is 5.19. The topological polar surface area (TPSA) is 61.2 Å². The van der Waals surface area contributed by atoms with Gasteiger partial charge in [0.25, 0.3) is 0 Å². The zero-order valence-electron chi connectivity index (χ0n) is 13.5. The molecule has 120 valence electrons. The van der Waals surface area contributed by atoms with E-state index in [0.717, 1.165) is 11.1 Å². The van der Waals surface area contributed by atoms with Gasteiger partial charge in [0.15, 0.2) is 9.84 Å². The van der Waals surface area contributed by atoms with E-state index in [0.29, 0.717) is 17.0 Å². The number of benzene rings is 2. The summed E-state index contributed by atoms with van der Waals surface area (Å²) < 4.78 is 23.0. The van der Waals surface area contributed by atoms with Crippen LogP contribution in [0.1, 0.15) is 29.7 Å². The number of hydrogen-bond donors (Lipinski definition) is 0. The molecule has 1 atom stereocenters. The Morgan fingerprint density at radius 2 is 1.74 bits per heavy atom. The molecule has 5 heteroatoms. The minimum Gasteiger partial charge on any atom is -0.295 e. The lowest BCUT2D eigenvalue weighted by atomic mass is 10.0. The lowest BCUT2D eigenvalue weighted by molar-refractivity contribution is 0.253. The van der Waals surface area contributed by atoms with Gasteiger partial charge in [-0.2, -0.15) is 5.26 Å². The van der Waals surface area contributed by atoms with Gasteiger partial charge < -0.3 is 0 Å². The Morgan fingerprint density at radius 3 is 2.30 bits per heavy atom. The maximum absolute atomic E-state index is 11.5. The van der Waals surface area contributed by atoms with E-state index in [2.05, 4.69) is 17.9 Å². The van der Waals surface area contributed by atoms with E-state index in [9.17, 15) is 8.42 Å². The summed E-state index contributed by atoms with van der Waals surface area (Å²) in [6.07, 6.45) is 1.20. The molecule has 0 aliphatic rings. The second-order valence-corrected chi connectivity index (χ2v) is 7.72. The van der Waals surface area contributed by atoms with Crippen molar-refractivity contribution in [3.05, 3.63) is 65.2 Å². The van der Waals surface area contributed by atoms with Crippen LogP contribution in [-0.4, -0.2) is 26.6 Å². The molecule has 0 aliphatic carbocycles. The van der Waals surface area contributed by atoms with E-state index in [1.165, 1.54) is 6.26 Å². The molecule has 0 N–H and O–H groups in total. The first-order valence-electron chi connectivity index (χ1n) is 7.31. The van der Waals surface area contributed by atoms with Gasteiger partial charge in [-0.25, -0.2) is 8.42 Å². The van der Waals surface area contributed by atoms with Gasteiger partial charge in [0.05, 0.1) is 16.5 Å². The monoisotopic (exact) mass is 328 g/mol. The van der Waals surface area contributed by atoms with E-state index in [4.69, 9.17) is 5.26 Å². The summed E-state index contributed by atoms with van der Waals surface area (Å²) in [5.74, 6) is 0. The first-order valence-corrected chi connectivity index (χ1v) is 9.20. The Hall–Kier alpha value is -2.16. The molecule has 0 saturated carbocycles. The number of hydrogen-bond acceptors (Lipinski definition) is 4. The fourth-order valence-corrected chi connectivity index (χ4v) is 3.05. The molecule has 0 spiro atoms. The van der Waals surface area contributed by atoms with Gasteiger partial charge in [-0.15, -0.1) is 0 Å². The summed E-state index contributed by atoms with van der Waals surface area (Å²) in [7, 11) is -1.18. The highest BCUT2D eigenvalue weighted by atomic mass is 32.2. The minimum atomic E-state index is -3.17. The molecule has 0 amide bonds. The van der Waals surface area contributed by atoms with Gasteiger partial charge in [-0.05, 0) is 43.3 Å². The summed E-state index contributed by atoms with van der Waals surface area (Å²) >= 11 is 0. The molecular weight excluding hydrogens is 308 g/mol. The van der Waals surface area contributed by atoms with Crippen LogP contribution in [0.3, 0.4) is 0 Å². The summed E-state index contributed by atoms with van der Waals surface area (Å²) in [6, 6.07) is 16.8. The average molecular weight is 328 g/mol. The van der Waals surface area contributed by atoms with Gasteiger partial charge >= 0.3 is 0 Å². The molecule has 1 unspecified atom stereocenters. The molecule has 0 aromatic heterocycles. The van der Waals surface area contributed by atoms with Crippen LogP contribution < -0.4 is 0 Å². The zero-order chi connectivity index (χ0) is 17.0. The highest BCUT2D eigenvalue weighted by Gasteiger charge is 2.15. The smallest absolute Gasteiger partial charge is 0.175 e. The van der Waals surface area contributed by atoms with Crippen LogP contribution in [0.4, 0.5) is 0 Å². The van der Waals surface area contributed by atoms with Crippen molar-refractivity contribution in [2.75, 3.05) is 13.3 Å². The number of rotatable bonds is 5. The number of sulfone groups is 1. The van der Waals surface area contributed by atoms with Gasteiger partial charge in [0, 0.05) is 18.8 Å². The Balaban J connectivity index is 2.17. The van der Waals surface area contributed by atoms with Crippen molar-refractivity contribution < 1.29 is 8.42 Å². The molecule has 0 fully saturated rings. The molecule has 4 nitrogen and oxygen atoms in total. The fourth-order valence-electron chi connectivity index (χ4n) is 2.42. The third-order valence-corrected chi connectivity index (χ3v) is 5.14. The SMILES string of the molecule is CC(c1ccc(S(C)(=O)=O)cc1)N(C)Cc1ccccc1C#N. The maximum atomic E-state index is 11.5.